The average molecular weight is 342 g/mol. The van der Waals surface area contributed by atoms with Crippen molar-refractivity contribution < 1.29 is 18.0 Å². The molecule has 1 aromatic carbocycles. The summed E-state index contributed by atoms with van der Waals surface area (Å²) in [5.41, 5.74) is 6.02. The Kier molecular flexibility index (Phi) is 5.47. The van der Waals surface area contributed by atoms with E-state index >= 15 is 0 Å². The van der Waals surface area contributed by atoms with Crippen molar-refractivity contribution in [3.05, 3.63) is 35.4 Å². The first kappa shape index (κ1) is 16.8. The normalized spacial score (nSPS) is 19.6. The van der Waals surface area contributed by atoms with Gasteiger partial charge in [-0.15, -0.1) is 11.8 Å². The molecule has 1 aliphatic heterocycles. The van der Waals surface area contributed by atoms with E-state index in [0.29, 0.717) is 12.0 Å². The molecule has 1 atom stereocenters. The van der Waals surface area contributed by atoms with Gasteiger partial charge in [0.1, 0.15) is 0 Å². The monoisotopic (exact) mass is 342 g/mol. The van der Waals surface area contributed by atoms with Gasteiger partial charge in [-0.05, 0) is 25.0 Å². The summed E-state index contributed by atoms with van der Waals surface area (Å²) in [4.78, 5) is 23.6. The van der Waals surface area contributed by atoms with Crippen molar-refractivity contribution in [1.29, 1.82) is 0 Å². The Bertz CT molecular complexity index is 673. The van der Waals surface area contributed by atoms with Crippen LogP contribution in [-0.4, -0.2) is 42.7 Å². The molecule has 1 aliphatic rings. The third-order valence-corrected chi connectivity index (χ3v) is 6.63. The summed E-state index contributed by atoms with van der Waals surface area (Å²) in [6, 6.07) is 7.07. The number of benzene rings is 1. The molecule has 1 saturated heterocycles. The molecule has 0 aromatic heterocycles. The van der Waals surface area contributed by atoms with Crippen LogP contribution >= 0.6 is 11.8 Å². The van der Waals surface area contributed by atoms with Gasteiger partial charge in [0.2, 0.25) is 5.91 Å². The molecule has 2 rings (SSSR count). The molecule has 120 valence electrons. The highest BCUT2D eigenvalue weighted by molar-refractivity contribution is 8.02. The molecule has 0 spiro atoms. The summed E-state index contributed by atoms with van der Waals surface area (Å²) in [5.74, 6) is -0.290. The van der Waals surface area contributed by atoms with E-state index in [4.69, 9.17) is 0 Å². The molecule has 1 aromatic rings. The van der Waals surface area contributed by atoms with Crippen molar-refractivity contribution in [2.45, 2.75) is 18.6 Å². The zero-order chi connectivity index (χ0) is 16.2. The van der Waals surface area contributed by atoms with Crippen LogP contribution in [0.5, 0.6) is 0 Å². The first-order chi connectivity index (χ1) is 10.4. The molecule has 8 heteroatoms. The Morgan fingerprint density at radius 1 is 1.27 bits per heavy atom. The van der Waals surface area contributed by atoms with Gasteiger partial charge in [0, 0.05) is 10.8 Å². The smallest absolute Gasteiger partial charge is 0.269 e. The minimum Gasteiger partial charge on any atom is -0.272 e. The molecule has 0 bridgehead atoms. The van der Waals surface area contributed by atoms with Crippen molar-refractivity contribution in [3.63, 3.8) is 0 Å². The summed E-state index contributed by atoms with van der Waals surface area (Å²) >= 11 is 1.30. The number of amides is 2. The van der Waals surface area contributed by atoms with Crippen molar-refractivity contribution in [2.75, 3.05) is 17.3 Å². The van der Waals surface area contributed by atoms with Gasteiger partial charge in [0.15, 0.2) is 9.84 Å². The van der Waals surface area contributed by atoms with Gasteiger partial charge >= 0.3 is 0 Å². The first-order valence-electron chi connectivity index (χ1n) is 6.84. The van der Waals surface area contributed by atoms with Crippen molar-refractivity contribution >= 4 is 33.4 Å². The minimum absolute atomic E-state index is 0.0391. The van der Waals surface area contributed by atoms with Gasteiger partial charge in [-0.1, -0.05) is 18.2 Å². The summed E-state index contributed by atoms with van der Waals surface area (Å²) < 4.78 is 22.6. The highest BCUT2D eigenvalue weighted by Gasteiger charge is 2.28. The molecule has 0 unspecified atom stereocenters. The summed E-state index contributed by atoms with van der Waals surface area (Å²) in [5, 5.41) is -0.0391. The zero-order valence-corrected chi connectivity index (χ0v) is 13.8. The Morgan fingerprint density at radius 2 is 2.00 bits per heavy atom. The second-order valence-electron chi connectivity index (χ2n) is 5.15. The quantitative estimate of drug-likeness (QED) is 0.785. The fourth-order valence-electron chi connectivity index (χ4n) is 2.14. The van der Waals surface area contributed by atoms with Gasteiger partial charge in [-0.25, -0.2) is 8.42 Å². The van der Waals surface area contributed by atoms with Crippen LogP contribution in [0.3, 0.4) is 0 Å². The molecule has 0 saturated carbocycles. The maximum Gasteiger partial charge on any atom is 0.269 e. The molecule has 1 heterocycles. The minimum atomic E-state index is -2.93. The number of thioether (sulfide) groups is 1. The van der Waals surface area contributed by atoms with Crippen LogP contribution in [0.25, 0.3) is 0 Å². The number of hydrazine groups is 1. The lowest BCUT2D eigenvalue weighted by Crippen LogP contribution is -2.43. The Hall–Kier alpha value is -1.54. The number of sulfone groups is 1. The number of carbonyl (C=O) groups is 2. The van der Waals surface area contributed by atoms with Gasteiger partial charge in [0.05, 0.1) is 17.3 Å². The van der Waals surface area contributed by atoms with Crippen LogP contribution in [0.4, 0.5) is 0 Å². The van der Waals surface area contributed by atoms with Crippen molar-refractivity contribution in [3.8, 4) is 0 Å². The van der Waals surface area contributed by atoms with Crippen LogP contribution < -0.4 is 10.9 Å². The third kappa shape index (κ3) is 4.74. The molecule has 22 heavy (non-hydrogen) atoms. The average Bonchev–Trinajstić information content (AvgIpc) is 2.82. The van der Waals surface area contributed by atoms with Crippen LogP contribution in [0.1, 0.15) is 22.3 Å². The third-order valence-electron chi connectivity index (χ3n) is 3.35. The van der Waals surface area contributed by atoms with E-state index in [-0.39, 0.29) is 34.3 Å². The number of rotatable bonds is 4. The Morgan fingerprint density at radius 3 is 2.64 bits per heavy atom. The maximum absolute atomic E-state index is 11.9. The van der Waals surface area contributed by atoms with E-state index < -0.39 is 9.84 Å². The van der Waals surface area contributed by atoms with Gasteiger partial charge in [0.25, 0.3) is 5.91 Å². The molecule has 0 radical (unpaired) electrons. The van der Waals surface area contributed by atoms with Crippen LogP contribution in [0.15, 0.2) is 24.3 Å². The lowest BCUT2D eigenvalue weighted by Gasteiger charge is -2.10. The predicted molar refractivity (Wildman–Crippen MR) is 86.3 cm³/mol. The fourth-order valence-corrected chi connectivity index (χ4v) is 5.59. The van der Waals surface area contributed by atoms with Crippen molar-refractivity contribution in [2.24, 2.45) is 0 Å². The first-order valence-corrected chi connectivity index (χ1v) is 9.71. The molecule has 0 aliphatic carbocycles. The topological polar surface area (TPSA) is 92.3 Å². The number of carbonyl (C=O) groups excluding carboxylic acids is 2. The zero-order valence-electron chi connectivity index (χ0n) is 12.2. The number of hydrogen-bond donors (Lipinski definition) is 2. The molecular formula is C14H18N2O4S2. The van der Waals surface area contributed by atoms with Gasteiger partial charge in [-0.3, -0.25) is 20.4 Å². The molecule has 2 N–H and O–H groups in total. The Labute approximate surface area is 133 Å². The number of aryl methyl sites for hydroxylation is 1. The lowest BCUT2D eigenvalue weighted by molar-refractivity contribution is -0.119. The van der Waals surface area contributed by atoms with Crippen LogP contribution in [0, 0.1) is 6.92 Å². The largest absolute Gasteiger partial charge is 0.272 e. The predicted octanol–water partition coefficient (Wildman–Crippen LogP) is 0.676. The SMILES string of the molecule is Cc1ccccc1C(=O)NNC(=O)CS[C@@H]1CCS(=O)(=O)C1. The van der Waals surface area contributed by atoms with E-state index in [0.717, 1.165) is 5.56 Å². The maximum atomic E-state index is 11.9. The summed E-state index contributed by atoms with van der Waals surface area (Å²) in [6.45, 7) is 1.81. The van der Waals surface area contributed by atoms with E-state index in [2.05, 4.69) is 10.9 Å². The van der Waals surface area contributed by atoms with E-state index in [1.165, 1.54) is 11.8 Å². The summed E-state index contributed by atoms with van der Waals surface area (Å²) in [7, 11) is -2.93. The highest BCUT2D eigenvalue weighted by atomic mass is 32.2. The van der Waals surface area contributed by atoms with Crippen LogP contribution in [-0.2, 0) is 14.6 Å². The standard InChI is InChI=1S/C14H18N2O4S2/c1-10-4-2-3-5-12(10)14(18)16-15-13(17)8-21-11-6-7-22(19,20)9-11/h2-5,11H,6-9H2,1H3,(H,15,17)(H,16,18)/t11-/m1/s1. The van der Waals surface area contributed by atoms with E-state index in [1.54, 1.807) is 12.1 Å². The Balaban J connectivity index is 1.74. The van der Waals surface area contributed by atoms with Gasteiger partial charge < -0.3 is 0 Å². The van der Waals surface area contributed by atoms with Crippen molar-refractivity contribution in [1.82, 2.24) is 10.9 Å². The summed E-state index contributed by atoms with van der Waals surface area (Å²) in [6.07, 6.45) is 0.579. The second-order valence-corrected chi connectivity index (χ2v) is 8.67. The van der Waals surface area contributed by atoms with Gasteiger partial charge in [-0.2, -0.15) is 0 Å². The van der Waals surface area contributed by atoms with Crippen LogP contribution in [0.2, 0.25) is 0 Å². The molecule has 1 fully saturated rings. The molecule has 2 amide bonds. The lowest BCUT2D eigenvalue weighted by atomic mass is 10.1. The molecule has 6 nitrogen and oxygen atoms in total. The molecular weight excluding hydrogens is 324 g/mol. The highest BCUT2D eigenvalue weighted by Crippen LogP contribution is 2.23. The number of hydrogen-bond acceptors (Lipinski definition) is 5. The van der Waals surface area contributed by atoms with E-state index in [9.17, 15) is 18.0 Å². The fraction of sp³-hybridized carbons (Fsp3) is 0.429. The second kappa shape index (κ2) is 7.15. The van der Waals surface area contributed by atoms with E-state index in [1.807, 2.05) is 19.1 Å². The number of nitrogens with one attached hydrogen (secondary N) is 2.